The van der Waals surface area contributed by atoms with Gasteiger partial charge in [-0.2, -0.15) is 13.2 Å². The van der Waals surface area contributed by atoms with E-state index in [-0.39, 0.29) is 5.70 Å². The van der Waals surface area contributed by atoms with Crippen molar-refractivity contribution in [1.82, 2.24) is 5.32 Å². The summed E-state index contributed by atoms with van der Waals surface area (Å²) in [6, 6.07) is 0. The largest absolute Gasteiger partial charge is 0.471 e. The molecule has 0 saturated carbocycles. The number of carbonyl (C=O) groups excluding carboxylic acids is 1. The van der Waals surface area contributed by atoms with Crippen LogP contribution in [0.4, 0.5) is 13.2 Å². The fraction of sp³-hybridized carbons (Fsp3) is 0.444. The van der Waals surface area contributed by atoms with Crippen LogP contribution in [0.25, 0.3) is 0 Å². The Labute approximate surface area is 81.5 Å². The van der Waals surface area contributed by atoms with E-state index in [0.717, 1.165) is 6.08 Å². The van der Waals surface area contributed by atoms with E-state index >= 15 is 0 Å². The van der Waals surface area contributed by atoms with E-state index in [1.165, 1.54) is 13.0 Å². The third-order valence-corrected chi connectivity index (χ3v) is 1.05. The van der Waals surface area contributed by atoms with Crippen molar-refractivity contribution < 1.29 is 18.0 Å². The summed E-state index contributed by atoms with van der Waals surface area (Å²) in [6.45, 7) is 8.71. The third kappa shape index (κ3) is 6.28. The molecular formula is C9H14F3NO. The lowest BCUT2D eigenvalue weighted by Gasteiger charge is -2.07. The van der Waals surface area contributed by atoms with Crippen molar-refractivity contribution in [2.24, 2.45) is 0 Å². The highest BCUT2D eigenvalue weighted by atomic mass is 19.4. The Morgan fingerprint density at radius 1 is 1.36 bits per heavy atom. The monoisotopic (exact) mass is 209 g/mol. The van der Waals surface area contributed by atoms with Crippen molar-refractivity contribution in [3.05, 3.63) is 24.4 Å². The first-order valence-corrected chi connectivity index (χ1v) is 4.08. The van der Waals surface area contributed by atoms with Crippen LogP contribution in [0.3, 0.4) is 0 Å². The first-order chi connectivity index (χ1) is 6.41. The first-order valence-electron chi connectivity index (χ1n) is 4.08. The molecule has 0 fully saturated rings. The lowest BCUT2D eigenvalue weighted by Crippen LogP contribution is -2.35. The molecule has 0 saturated heterocycles. The molecule has 0 radical (unpaired) electrons. The van der Waals surface area contributed by atoms with Gasteiger partial charge in [0.25, 0.3) is 0 Å². The van der Waals surface area contributed by atoms with E-state index in [9.17, 15) is 18.0 Å². The molecule has 0 spiro atoms. The molecule has 0 heterocycles. The fourth-order valence-electron chi connectivity index (χ4n) is 0.443. The number of amides is 1. The summed E-state index contributed by atoms with van der Waals surface area (Å²) >= 11 is 0. The predicted octanol–water partition coefficient (Wildman–Crippen LogP) is 2.78. The van der Waals surface area contributed by atoms with Gasteiger partial charge in [-0.1, -0.05) is 26.5 Å². The summed E-state index contributed by atoms with van der Waals surface area (Å²) in [4.78, 5) is 10.3. The van der Waals surface area contributed by atoms with Gasteiger partial charge in [0, 0.05) is 5.70 Å². The fourth-order valence-corrected chi connectivity index (χ4v) is 0.443. The highest BCUT2D eigenvalue weighted by Gasteiger charge is 2.38. The maximum atomic E-state index is 11.6. The van der Waals surface area contributed by atoms with Crippen molar-refractivity contribution in [1.29, 1.82) is 0 Å². The van der Waals surface area contributed by atoms with E-state index < -0.39 is 12.1 Å². The average Bonchev–Trinajstić information content (AvgIpc) is 2.15. The number of halogens is 3. The topological polar surface area (TPSA) is 29.1 Å². The Bertz CT molecular complexity index is 219. The summed E-state index contributed by atoms with van der Waals surface area (Å²) in [5.74, 6) is -1.99. The number of alkyl halides is 3. The Morgan fingerprint density at radius 3 is 2.00 bits per heavy atom. The quantitative estimate of drug-likeness (QED) is 0.696. The molecule has 1 N–H and O–H groups in total. The highest BCUT2D eigenvalue weighted by Crippen LogP contribution is 2.14. The van der Waals surface area contributed by atoms with Gasteiger partial charge in [0.15, 0.2) is 0 Å². The van der Waals surface area contributed by atoms with Gasteiger partial charge in [0.05, 0.1) is 0 Å². The standard InChI is InChI=1S/C7H8F3NO.C2H6/c1-3-5(4-2)11-6(12)7(8,9)10;1-2/h3-4H,1H2,2H3,(H,11,12);1-2H3/b5-4+;. The summed E-state index contributed by atoms with van der Waals surface area (Å²) in [5, 5.41) is 1.64. The van der Waals surface area contributed by atoms with Gasteiger partial charge in [-0.25, -0.2) is 0 Å². The summed E-state index contributed by atoms with van der Waals surface area (Å²) < 4.78 is 34.8. The minimum Gasteiger partial charge on any atom is -0.319 e. The van der Waals surface area contributed by atoms with Crippen LogP contribution in [0.15, 0.2) is 24.4 Å². The van der Waals surface area contributed by atoms with Crippen LogP contribution in [-0.4, -0.2) is 12.1 Å². The van der Waals surface area contributed by atoms with Crippen LogP contribution in [0.2, 0.25) is 0 Å². The molecule has 2 nitrogen and oxygen atoms in total. The second kappa shape index (κ2) is 7.17. The van der Waals surface area contributed by atoms with E-state index in [1.807, 2.05) is 13.8 Å². The maximum Gasteiger partial charge on any atom is 0.471 e. The lowest BCUT2D eigenvalue weighted by atomic mass is 10.4. The van der Waals surface area contributed by atoms with Crippen molar-refractivity contribution in [3.8, 4) is 0 Å². The zero-order chi connectivity index (χ0) is 11.8. The normalized spacial score (nSPS) is 11.1. The van der Waals surface area contributed by atoms with E-state index in [4.69, 9.17) is 0 Å². The number of nitrogens with one attached hydrogen (secondary N) is 1. The third-order valence-electron chi connectivity index (χ3n) is 1.05. The second-order valence-electron chi connectivity index (χ2n) is 1.90. The minimum atomic E-state index is -4.85. The molecular weight excluding hydrogens is 195 g/mol. The van der Waals surface area contributed by atoms with Gasteiger partial charge in [0.2, 0.25) is 0 Å². The summed E-state index contributed by atoms with van der Waals surface area (Å²) in [7, 11) is 0. The Balaban J connectivity index is 0. The number of hydrogen-bond acceptors (Lipinski definition) is 1. The van der Waals surface area contributed by atoms with Gasteiger partial charge < -0.3 is 5.32 Å². The molecule has 0 aliphatic carbocycles. The summed E-state index contributed by atoms with van der Waals surface area (Å²) in [6.07, 6.45) is -2.41. The molecule has 0 bridgehead atoms. The first kappa shape index (κ1) is 15.2. The van der Waals surface area contributed by atoms with Crippen molar-refractivity contribution in [2.75, 3.05) is 0 Å². The Kier molecular flexibility index (Phi) is 7.80. The van der Waals surface area contributed by atoms with Crippen LogP contribution >= 0.6 is 0 Å². The molecule has 0 atom stereocenters. The molecule has 5 heteroatoms. The molecule has 1 amide bonds. The van der Waals surface area contributed by atoms with Gasteiger partial charge in [-0.3, -0.25) is 4.79 Å². The van der Waals surface area contributed by atoms with E-state index in [2.05, 4.69) is 6.58 Å². The SMILES string of the molecule is C=C/C(=C\C)NC(=O)C(F)(F)F.CC. The number of hydrogen-bond donors (Lipinski definition) is 1. The smallest absolute Gasteiger partial charge is 0.319 e. The highest BCUT2D eigenvalue weighted by molar-refractivity contribution is 5.83. The molecule has 0 aromatic heterocycles. The number of rotatable bonds is 2. The van der Waals surface area contributed by atoms with E-state index in [0.29, 0.717) is 0 Å². The molecule has 0 aromatic rings. The Hall–Kier alpha value is -1.26. The van der Waals surface area contributed by atoms with Crippen LogP contribution in [-0.2, 0) is 4.79 Å². The molecule has 0 aromatic carbocycles. The zero-order valence-corrected chi connectivity index (χ0v) is 8.40. The minimum absolute atomic E-state index is 0.0392. The molecule has 0 aliphatic heterocycles. The van der Waals surface area contributed by atoms with Crippen LogP contribution < -0.4 is 5.32 Å². The number of carbonyl (C=O) groups is 1. The second-order valence-corrected chi connectivity index (χ2v) is 1.90. The van der Waals surface area contributed by atoms with Gasteiger partial charge in [-0.15, -0.1) is 0 Å². The van der Waals surface area contributed by atoms with Crippen LogP contribution in [0, 0.1) is 0 Å². The summed E-state index contributed by atoms with van der Waals surface area (Å²) in [5.41, 5.74) is 0.0392. The molecule has 0 unspecified atom stereocenters. The van der Waals surface area contributed by atoms with Crippen molar-refractivity contribution in [3.63, 3.8) is 0 Å². The number of allylic oxidation sites excluding steroid dienone is 2. The predicted molar refractivity (Wildman–Crippen MR) is 49.5 cm³/mol. The molecule has 0 rings (SSSR count). The van der Waals surface area contributed by atoms with Crippen LogP contribution in [0.5, 0.6) is 0 Å². The molecule has 82 valence electrons. The van der Waals surface area contributed by atoms with Gasteiger partial charge in [0.1, 0.15) is 0 Å². The molecule has 0 aliphatic rings. The van der Waals surface area contributed by atoms with Gasteiger partial charge in [-0.05, 0) is 13.0 Å². The van der Waals surface area contributed by atoms with E-state index in [1.54, 1.807) is 5.32 Å². The Morgan fingerprint density at radius 2 is 1.79 bits per heavy atom. The van der Waals surface area contributed by atoms with Gasteiger partial charge >= 0.3 is 12.1 Å². The maximum absolute atomic E-state index is 11.6. The zero-order valence-electron chi connectivity index (χ0n) is 8.40. The lowest BCUT2D eigenvalue weighted by molar-refractivity contribution is -0.172. The van der Waals surface area contributed by atoms with Crippen molar-refractivity contribution in [2.45, 2.75) is 26.9 Å². The molecule has 14 heavy (non-hydrogen) atoms. The average molecular weight is 209 g/mol. The van der Waals surface area contributed by atoms with Crippen molar-refractivity contribution >= 4 is 5.91 Å². The van der Waals surface area contributed by atoms with Crippen LogP contribution in [0.1, 0.15) is 20.8 Å².